The molecule has 4 rings (SSSR count). The maximum absolute atomic E-state index is 11.7. The SMILES string of the molecule is C=C(C)C(=O)OCC(CO)CCC[Si](C)(C)c1ccc(C2CCC(C3CCC(C4CCC(CCCCC)CC4)CC3)CC2)cc1. The quantitative estimate of drug-likeness (QED) is 0.0850. The number of carbonyl (C=O) groups excluding carboxylic acids is 1. The van der Waals surface area contributed by atoms with Crippen LogP contribution in [-0.4, -0.2) is 32.4 Å². The highest BCUT2D eigenvalue weighted by atomic mass is 28.3. The zero-order valence-electron chi connectivity index (χ0n) is 29.7. The molecule has 1 unspecified atom stereocenters. The Balaban J connectivity index is 1.14. The number of ether oxygens (including phenoxy) is 1. The average Bonchev–Trinajstić information content (AvgIpc) is 3.06. The maximum atomic E-state index is 11.7. The molecule has 0 amide bonds. The fourth-order valence-electron chi connectivity index (χ4n) is 9.37. The Hall–Kier alpha value is -1.39. The van der Waals surface area contributed by atoms with Gasteiger partial charge in [-0.15, -0.1) is 0 Å². The summed E-state index contributed by atoms with van der Waals surface area (Å²) in [6.45, 7) is 12.9. The summed E-state index contributed by atoms with van der Waals surface area (Å²) in [5.74, 6) is 5.53. The van der Waals surface area contributed by atoms with Gasteiger partial charge < -0.3 is 9.84 Å². The van der Waals surface area contributed by atoms with Crippen molar-refractivity contribution in [3.63, 3.8) is 0 Å². The Morgan fingerprint density at radius 2 is 1.38 bits per heavy atom. The number of hydrogen-bond donors (Lipinski definition) is 1. The van der Waals surface area contributed by atoms with E-state index in [4.69, 9.17) is 4.74 Å². The standard InChI is InChI=1S/C41H68O3Si/c1-6-7-8-10-32-12-14-34(15-13-32)35-16-18-36(19-17-35)37-20-22-38(23-21-37)39-24-26-40(27-25-39)45(4,5)28-9-11-33(29-42)30-44-41(43)31(2)3/h24-27,32-38,42H,2,6-23,28-30H2,1,3-5H3. The minimum absolute atomic E-state index is 0.00978. The van der Waals surface area contributed by atoms with Crippen LogP contribution in [0.1, 0.15) is 141 Å². The van der Waals surface area contributed by atoms with Gasteiger partial charge in [0, 0.05) is 18.1 Å². The van der Waals surface area contributed by atoms with Crippen molar-refractivity contribution < 1.29 is 14.6 Å². The van der Waals surface area contributed by atoms with E-state index in [2.05, 4.69) is 50.9 Å². The summed E-state index contributed by atoms with van der Waals surface area (Å²) in [6, 6.07) is 11.0. The third kappa shape index (κ3) is 11.1. The van der Waals surface area contributed by atoms with Crippen molar-refractivity contribution in [3.8, 4) is 0 Å². The largest absolute Gasteiger partial charge is 0.462 e. The van der Waals surface area contributed by atoms with Crippen LogP contribution in [0.3, 0.4) is 0 Å². The van der Waals surface area contributed by atoms with Crippen LogP contribution >= 0.6 is 0 Å². The lowest BCUT2D eigenvalue weighted by atomic mass is 9.64. The fraction of sp³-hybridized carbons (Fsp3) is 0.780. The van der Waals surface area contributed by atoms with E-state index in [1.54, 1.807) is 12.5 Å². The monoisotopic (exact) mass is 636 g/mol. The Bertz CT molecular complexity index is 1010. The summed E-state index contributed by atoms with van der Waals surface area (Å²) in [5, 5.41) is 11.3. The van der Waals surface area contributed by atoms with Gasteiger partial charge in [0.15, 0.2) is 0 Å². The second-order valence-corrected chi connectivity index (χ2v) is 21.2. The molecular weight excluding hydrogens is 569 g/mol. The van der Waals surface area contributed by atoms with Gasteiger partial charge in [0.1, 0.15) is 0 Å². The van der Waals surface area contributed by atoms with Gasteiger partial charge in [-0.2, -0.15) is 0 Å². The van der Waals surface area contributed by atoms with Gasteiger partial charge in [0.25, 0.3) is 0 Å². The van der Waals surface area contributed by atoms with Crippen molar-refractivity contribution in [2.45, 2.75) is 154 Å². The van der Waals surface area contributed by atoms with Crippen LogP contribution in [0, 0.1) is 35.5 Å². The lowest BCUT2D eigenvalue weighted by Gasteiger charge is -2.41. The molecule has 0 saturated heterocycles. The number of esters is 1. The molecule has 3 aliphatic rings. The molecule has 4 heteroatoms. The summed E-state index contributed by atoms with van der Waals surface area (Å²) in [6.07, 6.45) is 25.6. The Morgan fingerprint density at radius 3 is 1.89 bits per heavy atom. The first-order valence-corrected chi connectivity index (χ1v) is 22.4. The van der Waals surface area contributed by atoms with Gasteiger partial charge in [0.2, 0.25) is 0 Å². The van der Waals surface area contributed by atoms with Crippen LogP contribution in [0.5, 0.6) is 0 Å². The zero-order chi connectivity index (χ0) is 32.2. The van der Waals surface area contributed by atoms with Crippen molar-refractivity contribution >= 4 is 19.2 Å². The van der Waals surface area contributed by atoms with Crippen LogP contribution in [0.2, 0.25) is 19.1 Å². The van der Waals surface area contributed by atoms with Crippen LogP contribution in [0.25, 0.3) is 0 Å². The Labute approximate surface area is 278 Å². The number of aliphatic hydroxyl groups is 1. The molecule has 3 fully saturated rings. The Kier molecular flexibility index (Phi) is 14.8. The second-order valence-electron chi connectivity index (χ2n) is 16.4. The molecule has 0 bridgehead atoms. The molecule has 1 atom stereocenters. The van der Waals surface area contributed by atoms with Crippen molar-refractivity contribution in [1.82, 2.24) is 0 Å². The smallest absolute Gasteiger partial charge is 0.333 e. The average molecular weight is 637 g/mol. The molecule has 0 radical (unpaired) electrons. The number of hydrogen-bond acceptors (Lipinski definition) is 3. The predicted molar refractivity (Wildman–Crippen MR) is 194 cm³/mol. The molecule has 0 spiro atoms. The summed E-state index contributed by atoms with van der Waals surface area (Å²) in [4.78, 5) is 11.7. The van der Waals surface area contributed by atoms with Gasteiger partial charge in [0.05, 0.1) is 14.7 Å². The van der Waals surface area contributed by atoms with Crippen molar-refractivity contribution in [1.29, 1.82) is 0 Å². The van der Waals surface area contributed by atoms with Crippen molar-refractivity contribution in [3.05, 3.63) is 42.0 Å². The van der Waals surface area contributed by atoms with Gasteiger partial charge >= 0.3 is 5.97 Å². The maximum Gasteiger partial charge on any atom is 0.333 e. The summed E-state index contributed by atoms with van der Waals surface area (Å²) in [5.41, 5.74) is 1.98. The topological polar surface area (TPSA) is 46.5 Å². The van der Waals surface area contributed by atoms with Crippen molar-refractivity contribution in [2.75, 3.05) is 13.2 Å². The van der Waals surface area contributed by atoms with E-state index < -0.39 is 8.07 Å². The predicted octanol–water partition coefficient (Wildman–Crippen LogP) is 10.6. The highest BCUT2D eigenvalue weighted by Gasteiger charge is 2.35. The van der Waals surface area contributed by atoms with E-state index in [0.717, 1.165) is 48.3 Å². The molecule has 1 aromatic carbocycles. The summed E-state index contributed by atoms with van der Waals surface area (Å²) >= 11 is 0. The van der Waals surface area contributed by atoms with E-state index in [9.17, 15) is 9.90 Å². The van der Waals surface area contributed by atoms with E-state index in [1.807, 2.05) is 0 Å². The van der Waals surface area contributed by atoms with Gasteiger partial charge in [-0.25, -0.2) is 4.79 Å². The van der Waals surface area contributed by atoms with Crippen LogP contribution in [0.15, 0.2) is 36.4 Å². The second kappa shape index (κ2) is 18.2. The highest BCUT2D eigenvalue weighted by molar-refractivity contribution is 6.89. The van der Waals surface area contributed by atoms with E-state index in [1.165, 1.54) is 114 Å². The van der Waals surface area contributed by atoms with Crippen LogP contribution in [0.4, 0.5) is 0 Å². The summed E-state index contributed by atoms with van der Waals surface area (Å²) < 4.78 is 5.29. The van der Waals surface area contributed by atoms with E-state index in [0.29, 0.717) is 5.57 Å². The Morgan fingerprint density at radius 1 is 0.844 bits per heavy atom. The number of carbonyl (C=O) groups is 1. The fourth-order valence-corrected chi connectivity index (χ4v) is 11.8. The summed E-state index contributed by atoms with van der Waals surface area (Å²) in [7, 11) is -1.56. The van der Waals surface area contributed by atoms with E-state index in [-0.39, 0.29) is 25.1 Å². The lowest BCUT2D eigenvalue weighted by molar-refractivity contribution is -0.140. The lowest BCUT2D eigenvalue weighted by Crippen LogP contribution is -2.41. The van der Waals surface area contributed by atoms with Crippen LogP contribution < -0.4 is 5.19 Å². The molecule has 0 heterocycles. The van der Waals surface area contributed by atoms with Crippen molar-refractivity contribution in [2.24, 2.45) is 35.5 Å². The number of rotatable bonds is 16. The minimum Gasteiger partial charge on any atom is -0.462 e. The minimum atomic E-state index is -1.56. The molecule has 1 aromatic rings. The zero-order valence-corrected chi connectivity index (χ0v) is 30.7. The molecule has 0 aliphatic heterocycles. The van der Waals surface area contributed by atoms with Gasteiger partial charge in [-0.1, -0.05) is 107 Å². The number of benzene rings is 1. The third-order valence-corrected chi connectivity index (χ3v) is 16.2. The molecule has 3 nitrogen and oxygen atoms in total. The molecule has 3 aliphatic carbocycles. The first kappa shape index (κ1) is 36.4. The van der Waals surface area contributed by atoms with Gasteiger partial charge in [-0.3, -0.25) is 0 Å². The van der Waals surface area contributed by atoms with Gasteiger partial charge in [-0.05, 0) is 119 Å². The first-order chi connectivity index (χ1) is 21.7. The molecule has 254 valence electrons. The molecule has 1 N–H and O–H groups in total. The molecular formula is C41H68O3Si. The molecule has 45 heavy (non-hydrogen) atoms. The number of unbranched alkanes of at least 4 members (excludes halogenated alkanes) is 2. The number of aliphatic hydroxyl groups excluding tert-OH is 1. The van der Waals surface area contributed by atoms with E-state index >= 15 is 0 Å². The molecule has 3 saturated carbocycles. The first-order valence-electron chi connectivity index (χ1n) is 19.2. The highest BCUT2D eigenvalue weighted by Crippen LogP contribution is 2.47. The molecule has 0 aromatic heterocycles. The normalized spacial score (nSPS) is 28.4. The van der Waals surface area contributed by atoms with Crippen LogP contribution in [-0.2, 0) is 9.53 Å². The third-order valence-electron chi connectivity index (χ3n) is 12.7.